The van der Waals surface area contributed by atoms with Gasteiger partial charge < -0.3 is 9.47 Å². The maximum atomic E-state index is 6.74. The molecule has 2 aromatic rings. The molecule has 0 N–H and O–H groups in total. The van der Waals surface area contributed by atoms with E-state index in [9.17, 15) is 0 Å². The third-order valence-corrected chi connectivity index (χ3v) is 4.32. The molecule has 1 aliphatic rings. The lowest BCUT2D eigenvalue weighted by Crippen LogP contribution is -2.15. The molecule has 1 atom stereocenters. The Balaban J connectivity index is 2.01. The summed E-state index contributed by atoms with van der Waals surface area (Å²) < 4.78 is 11.2. The first kappa shape index (κ1) is 14.3. The van der Waals surface area contributed by atoms with Gasteiger partial charge in [-0.1, -0.05) is 23.8 Å². The highest BCUT2D eigenvalue weighted by atomic mass is 35.5. The highest BCUT2D eigenvalue weighted by Gasteiger charge is 2.19. The van der Waals surface area contributed by atoms with Crippen LogP contribution in [0.25, 0.3) is 0 Å². The van der Waals surface area contributed by atoms with Crippen LogP contribution in [0.5, 0.6) is 11.5 Å². The third-order valence-electron chi connectivity index (χ3n) is 3.85. The molecule has 0 aliphatic carbocycles. The topological polar surface area (TPSA) is 18.5 Å². The number of hydrogen-bond acceptors (Lipinski definition) is 2. The Morgan fingerprint density at radius 2 is 1.52 bits per heavy atom. The van der Waals surface area contributed by atoms with Gasteiger partial charge in [0.2, 0.25) is 0 Å². The number of alkyl halides is 1. The largest absolute Gasteiger partial charge is 0.486 e. The summed E-state index contributed by atoms with van der Waals surface area (Å²) >= 11 is 6.74. The molecule has 0 saturated carbocycles. The lowest BCUT2D eigenvalue weighted by molar-refractivity contribution is 0.171. The molecule has 0 spiro atoms. The fraction of sp³-hybridized carbons (Fsp3) is 0.333. The molecule has 2 aromatic carbocycles. The van der Waals surface area contributed by atoms with Crippen molar-refractivity contribution >= 4 is 11.6 Å². The first-order chi connectivity index (χ1) is 10.1. The van der Waals surface area contributed by atoms with Crippen LogP contribution < -0.4 is 9.47 Å². The normalized spacial score (nSPS) is 14.9. The van der Waals surface area contributed by atoms with Gasteiger partial charge in [-0.25, -0.2) is 0 Å². The summed E-state index contributed by atoms with van der Waals surface area (Å²) in [7, 11) is 0. The van der Waals surface area contributed by atoms with Gasteiger partial charge in [0, 0.05) is 0 Å². The number of aryl methyl sites for hydroxylation is 3. The van der Waals surface area contributed by atoms with Crippen molar-refractivity contribution in [2.45, 2.75) is 26.1 Å². The van der Waals surface area contributed by atoms with Gasteiger partial charge >= 0.3 is 0 Å². The van der Waals surface area contributed by atoms with Gasteiger partial charge in [0.1, 0.15) is 13.2 Å². The molecule has 1 unspecified atom stereocenters. The van der Waals surface area contributed by atoms with Crippen molar-refractivity contribution < 1.29 is 9.47 Å². The van der Waals surface area contributed by atoms with Gasteiger partial charge in [-0.2, -0.15) is 0 Å². The monoisotopic (exact) mass is 302 g/mol. The number of ether oxygens (including phenoxy) is 2. The van der Waals surface area contributed by atoms with Gasteiger partial charge in [-0.05, 0) is 55.2 Å². The lowest BCUT2D eigenvalue weighted by atomic mass is 9.93. The molecular formula is C18H19ClO2. The predicted octanol–water partition coefficient (Wildman–Crippen LogP) is 4.71. The van der Waals surface area contributed by atoms with Crippen LogP contribution in [0.15, 0.2) is 30.3 Å². The second kappa shape index (κ2) is 5.61. The summed E-state index contributed by atoms with van der Waals surface area (Å²) in [5, 5.41) is -0.179. The second-order valence-corrected chi connectivity index (χ2v) is 6.01. The van der Waals surface area contributed by atoms with Crippen molar-refractivity contribution in [1.29, 1.82) is 0 Å². The summed E-state index contributed by atoms with van der Waals surface area (Å²) in [6, 6.07) is 10.3. The molecular weight excluding hydrogens is 284 g/mol. The highest BCUT2D eigenvalue weighted by Crippen LogP contribution is 2.39. The van der Waals surface area contributed by atoms with E-state index in [0.717, 1.165) is 17.1 Å². The van der Waals surface area contributed by atoms with Crippen LogP contribution in [0.4, 0.5) is 0 Å². The minimum atomic E-state index is -0.179. The molecule has 2 nitrogen and oxygen atoms in total. The molecule has 110 valence electrons. The van der Waals surface area contributed by atoms with Gasteiger partial charge in [-0.15, -0.1) is 11.6 Å². The highest BCUT2D eigenvalue weighted by molar-refractivity contribution is 6.22. The SMILES string of the molecule is Cc1cc(C)c(C(Cl)c2ccc3c(c2)OCCO3)c(C)c1. The van der Waals surface area contributed by atoms with Crippen molar-refractivity contribution in [3.63, 3.8) is 0 Å². The van der Waals surface area contributed by atoms with E-state index < -0.39 is 0 Å². The number of fused-ring (bicyclic) bond motifs is 1. The number of rotatable bonds is 2. The molecule has 3 rings (SSSR count). The van der Waals surface area contributed by atoms with Crippen molar-refractivity contribution in [3.05, 3.63) is 58.1 Å². The van der Waals surface area contributed by atoms with E-state index in [1.54, 1.807) is 0 Å². The average Bonchev–Trinajstić information content (AvgIpc) is 2.45. The fourth-order valence-electron chi connectivity index (χ4n) is 2.98. The van der Waals surface area contributed by atoms with Gasteiger partial charge in [0.25, 0.3) is 0 Å². The zero-order valence-corrected chi connectivity index (χ0v) is 13.3. The number of halogens is 1. The minimum absolute atomic E-state index is 0.179. The maximum Gasteiger partial charge on any atom is 0.161 e. The van der Waals surface area contributed by atoms with E-state index in [2.05, 4.69) is 32.9 Å². The second-order valence-electron chi connectivity index (χ2n) is 5.58. The van der Waals surface area contributed by atoms with E-state index in [1.165, 1.54) is 22.3 Å². The smallest absolute Gasteiger partial charge is 0.161 e. The van der Waals surface area contributed by atoms with Crippen LogP contribution >= 0.6 is 11.6 Å². The van der Waals surface area contributed by atoms with E-state index in [4.69, 9.17) is 21.1 Å². The lowest BCUT2D eigenvalue weighted by Gasteiger charge is -2.21. The standard InChI is InChI=1S/C18H19ClO2/c1-11-8-12(2)17(13(3)9-11)18(19)14-4-5-15-16(10-14)21-7-6-20-15/h4-5,8-10,18H,6-7H2,1-3H3. The Kier molecular flexibility index (Phi) is 3.81. The number of benzene rings is 2. The van der Waals surface area contributed by atoms with Crippen LogP contribution in [-0.2, 0) is 0 Å². The zero-order chi connectivity index (χ0) is 15.0. The van der Waals surface area contributed by atoms with Crippen molar-refractivity contribution in [2.75, 3.05) is 13.2 Å². The molecule has 0 radical (unpaired) electrons. The van der Waals surface area contributed by atoms with Gasteiger partial charge in [0.05, 0.1) is 5.38 Å². The van der Waals surface area contributed by atoms with E-state index in [0.29, 0.717) is 13.2 Å². The van der Waals surface area contributed by atoms with Crippen LogP contribution in [0, 0.1) is 20.8 Å². The molecule has 3 heteroatoms. The molecule has 0 aromatic heterocycles. The Morgan fingerprint density at radius 3 is 2.19 bits per heavy atom. The molecule has 1 heterocycles. The van der Waals surface area contributed by atoms with E-state index >= 15 is 0 Å². The minimum Gasteiger partial charge on any atom is -0.486 e. The third kappa shape index (κ3) is 2.73. The quantitative estimate of drug-likeness (QED) is 0.748. The molecule has 0 saturated heterocycles. The summed E-state index contributed by atoms with van der Waals surface area (Å²) in [5.41, 5.74) is 5.93. The maximum absolute atomic E-state index is 6.74. The first-order valence-electron chi connectivity index (χ1n) is 7.17. The van der Waals surface area contributed by atoms with Crippen molar-refractivity contribution in [1.82, 2.24) is 0 Å². The molecule has 0 amide bonds. The molecule has 0 fully saturated rings. The Bertz CT molecular complexity index is 656. The zero-order valence-electron chi connectivity index (χ0n) is 12.6. The van der Waals surface area contributed by atoms with Crippen molar-refractivity contribution in [2.24, 2.45) is 0 Å². The number of hydrogen-bond donors (Lipinski definition) is 0. The van der Waals surface area contributed by atoms with Crippen LogP contribution in [0.3, 0.4) is 0 Å². The van der Waals surface area contributed by atoms with Crippen LogP contribution in [0.1, 0.15) is 33.2 Å². The molecule has 0 bridgehead atoms. The Morgan fingerprint density at radius 1 is 0.905 bits per heavy atom. The fourth-order valence-corrected chi connectivity index (χ4v) is 3.46. The summed E-state index contributed by atoms with van der Waals surface area (Å²) in [6.45, 7) is 7.53. The van der Waals surface area contributed by atoms with E-state index in [-0.39, 0.29) is 5.38 Å². The summed E-state index contributed by atoms with van der Waals surface area (Å²) in [5.74, 6) is 1.58. The van der Waals surface area contributed by atoms with E-state index in [1.807, 2.05) is 18.2 Å². The van der Waals surface area contributed by atoms with Crippen LogP contribution in [-0.4, -0.2) is 13.2 Å². The summed E-state index contributed by atoms with van der Waals surface area (Å²) in [6.07, 6.45) is 0. The van der Waals surface area contributed by atoms with Gasteiger partial charge in [-0.3, -0.25) is 0 Å². The van der Waals surface area contributed by atoms with Crippen LogP contribution in [0.2, 0.25) is 0 Å². The summed E-state index contributed by atoms with van der Waals surface area (Å²) in [4.78, 5) is 0. The van der Waals surface area contributed by atoms with Gasteiger partial charge in [0.15, 0.2) is 11.5 Å². The van der Waals surface area contributed by atoms with Crippen molar-refractivity contribution in [3.8, 4) is 11.5 Å². The Labute approximate surface area is 130 Å². The molecule has 1 aliphatic heterocycles. The first-order valence-corrected chi connectivity index (χ1v) is 7.61. The Hall–Kier alpha value is -1.67. The molecule has 21 heavy (non-hydrogen) atoms. The average molecular weight is 303 g/mol. The predicted molar refractivity (Wildman–Crippen MR) is 85.8 cm³/mol.